The van der Waals surface area contributed by atoms with Crippen molar-refractivity contribution < 1.29 is 9.72 Å². The van der Waals surface area contributed by atoms with Gasteiger partial charge in [0, 0.05) is 15.6 Å². The number of para-hydroxylation sites is 1. The van der Waals surface area contributed by atoms with Gasteiger partial charge in [-0.25, -0.2) is 0 Å². The van der Waals surface area contributed by atoms with Crippen LogP contribution in [0.3, 0.4) is 0 Å². The number of fused-ring (bicyclic) bond motifs is 1. The predicted octanol–water partition coefficient (Wildman–Crippen LogP) is 4.64. The van der Waals surface area contributed by atoms with Crippen LogP contribution in [0.5, 0.6) is 0 Å². The minimum atomic E-state index is -1.23. The molecule has 0 saturated carbocycles. The molecule has 6 heteroatoms. The van der Waals surface area contributed by atoms with E-state index >= 15 is 0 Å². The molecule has 0 bridgehead atoms. The highest BCUT2D eigenvalue weighted by atomic mass is 35.5. The van der Waals surface area contributed by atoms with Crippen molar-refractivity contribution in [3.8, 4) is 0 Å². The smallest absolute Gasteiger partial charge is 0.240 e. The second-order valence-electron chi connectivity index (χ2n) is 6.79. The van der Waals surface area contributed by atoms with Gasteiger partial charge < -0.3 is 5.32 Å². The summed E-state index contributed by atoms with van der Waals surface area (Å²) in [5.41, 5.74) is 1.59. The summed E-state index contributed by atoms with van der Waals surface area (Å²) in [7, 11) is 0. The minimum absolute atomic E-state index is 0.272. The van der Waals surface area contributed by atoms with Gasteiger partial charge in [0.25, 0.3) is 0 Å². The molecule has 28 heavy (non-hydrogen) atoms. The van der Waals surface area contributed by atoms with E-state index < -0.39 is 11.3 Å². The van der Waals surface area contributed by atoms with Crippen LogP contribution in [-0.2, 0) is 10.2 Å². The summed E-state index contributed by atoms with van der Waals surface area (Å²) >= 11 is 6.07. The number of hydrogen-bond acceptors (Lipinski definition) is 3. The van der Waals surface area contributed by atoms with Crippen LogP contribution < -0.4 is 5.32 Å². The fraction of sp³-hybridized carbons (Fsp3) is 0.136. The summed E-state index contributed by atoms with van der Waals surface area (Å²) in [6.45, 7) is -0.381. The first kappa shape index (κ1) is 18.2. The summed E-state index contributed by atoms with van der Waals surface area (Å²) in [6, 6.07) is 23.5. The van der Waals surface area contributed by atoms with Gasteiger partial charge in [0.05, 0.1) is 5.92 Å². The molecule has 1 heterocycles. The molecule has 0 saturated heterocycles. The number of amides is 1. The van der Waals surface area contributed by atoms with Gasteiger partial charge in [-0.3, -0.25) is 14.9 Å². The molecule has 3 aromatic rings. The highest BCUT2D eigenvalue weighted by Gasteiger charge is 2.55. The van der Waals surface area contributed by atoms with Crippen LogP contribution in [0, 0.1) is 10.1 Å². The van der Waals surface area contributed by atoms with Crippen LogP contribution in [-0.4, -0.2) is 17.4 Å². The maximum atomic E-state index is 13.5. The van der Waals surface area contributed by atoms with Crippen LogP contribution >= 0.6 is 11.6 Å². The molecule has 140 valence electrons. The van der Waals surface area contributed by atoms with E-state index in [0.29, 0.717) is 16.3 Å². The third-order valence-corrected chi connectivity index (χ3v) is 5.57. The predicted molar refractivity (Wildman–Crippen MR) is 108 cm³/mol. The highest BCUT2D eigenvalue weighted by Crippen LogP contribution is 2.51. The van der Waals surface area contributed by atoms with Crippen LogP contribution in [0.4, 0.5) is 5.69 Å². The topological polar surface area (TPSA) is 72.2 Å². The molecular formula is C22H17ClN2O3. The number of benzene rings is 3. The number of nitro groups is 1. The van der Waals surface area contributed by atoms with Gasteiger partial charge in [-0.1, -0.05) is 72.3 Å². The Balaban J connectivity index is 2.04. The van der Waals surface area contributed by atoms with E-state index in [-0.39, 0.29) is 17.4 Å². The first-order valence-corrected chi connectivity index (χ1v) is 9.25. The van der Waals surface area contributed by atoms with E-state index in [9.17, 15) is 14.9 Å². The third-order valence-electron chi connectivity index (χ3n) is 5.31. The standard InChI is InChI=1S/C22H17ClN2O3/c23-17-12-10-16(11-13-17)22(18-8-4-5-9-20(18)24-21(22)26)19(14-25(27)28)15-6-2-1-3-7-15/h1-13,19H,14H2,(H,24,26)/t19-,22-/m0/s1. The summed E-state index contributed by atoms with van der Waals surface area (Å²) < 4.78 is 0. The fourth-order valence-electron chi connectivity index (χ4n) is 4.15. The molecule has 0 radical (unpaired) electrons. The second kappa shape index (κ2) is 7.09. The van der Waals surface area contributed by atoms with Crippen LogP contribution in [0.1, 0.15) is 22.6 Å². The zero-order valence-corrected chi connectivity index (χ0v) is 15.6. The lowest BCUT2D eigenvalue weighted by Gasteiger charge is -2.35. The molecule has 1 aliphatic rings. The van der Waals surface area contributed by atoms with E-state index in [1.165, 1.54) is 0 Å². The second-order valence-corrected chi connectivity index (χ2v) is 7.23. The summed E-state index contributed by atoms with van der Waals surface area (Å²) in [5.74, 6) is -0.958. The molecule has 1 amide bonds. The molecule has 0 fully saturated rings. The SMILES string of the molecule is O=C1Nc2ccccc2[C@@]1(c1ccc(Cl)cc1)[C@@H](C[N+](=O)[O-])c1ccccc1. The van der Waals surface area contributed by atoms with Crippen molar-refractivity contribution in [1.82, 2.24) is 0 Å². The molecule has 4 rings (SSSR count). The molecule has 0 aromatic heterocycles. The van der Waals surface area contributed by atoms with Crippen molar-refractivity contribution in [2.24, 2.45) is 0 Å². The van der Waals surface area contributed by atoms with Gasteiger partial charge in [0.2, 0.25) is 12.5 Å². The van der Waals surface area contributed by atoms with E-state index in [2.05, 4.69) is 5.32 Å². The third kappa shape index (κ3) is 2.84. The fourth-order valence-corrected chi connectivity index (χ4v) is 4.28. The molecule has 1 N–H and O–H groups in total. The van der Waals surface area contributed by atoms with E-state index in [4.69, 9.17) is 11.6 Å². The van der Waals surface area contributed by atoms with Gasteiger partial charge >= 0.3 is 0 Å². The Morgan fingerprint density at radius 3 is 2.29 bits per heavy atom. The Morgan fingerprint density at radius 2 is 1.61 bits per heavy atom. The number of carbonyl (C=O) groups excluding carboxylic acids is 1. The van der Waals surface area contributed by atoms with Crippen molar-refractivity contribution >= 4 is 23.2 Å². The number of nitrogens with zero attached hydrogens (tertiary/aromatic N) is 1. The maximum Gasteiger partial charge on any atom is 0.240 e. The van der Waals surface area contributed by atoms with Gasteiger partial charge in [-0.05, 0) is 34.9 Å². The van der Waals surface area contributed by atoms with Gasteiger partial charge in [-0.15, -0.1) is 0 Å². The van der Waals surface area contributed by atoms with E-state index in [0.717, 1.165) is 11.1 Å². The first-order chi connectivity index (χ1) is 13.5. The molecule has 0 spiro atoms. The molecule has 5 nitrogen and oxygen atoms in total. The van der Waals surface area contributed by atoms with Crippen molar-refractivity contribution in [2.45, 2.75) is 11.3 Å². The quantitative estimate of drug-likeness (QED) is 0.508. The Kier molecular flexibility index (Phi) is 4.61. The number of nitrogens with one attached hydrogen (secondary N) is 1. The van der Waals surface area contributed by atoms with Crippen LogP contribution in [0.15, 0.2) is 78.9 Å². The number of halogens is 1. The van der Waals surface area contributed by atoms with Crippen LogP contribution in [0.2, 0.25) is 5.02 Å². The van der Waals surface area contributed by atoms with E-state index in [1.807, 2.05) is 54.6 Å². The lowest BCUT2D eigenvalue weighted by Crippen LogP contribution is -2.44. The van der Waals surface area contributed by atoms with Crippen LogP contribution in [0.25, 0.3) is 0 Å². The monoisotopic (exact) mass is 392 g/mol. The Bertz CT molecular complexity index is 1040. The summed E-state index contributed by atoms with van der Waals surface area (Å²) in [5, 5.41) is 15.1. The van der Waals surface area contributed by atoms with Gasteiger partial charge in [-0.2, -0.15) is 0 Å². The molecule has 0 unspecified atom stereocenters. The normalized spacial score (nSPS) is 19.0. The lowest BCUT2D eigenvalue weighted by molar-refractivity contribution is -0.484. The molecular weight excluding hydrogens is 376 g/mol. The molecule has 1 aliphatic heterocycles. The van der Waals surface area contributed by atoms with Crippen molar-refractivity contribution in [2.75, 3.05) is 11.9 Å². The highest BCUT2D eigenvalue weighted by molar-refractivity contribution is 6.30. The van der Waals surface area contributed by atoms with Gasteiger partial charge in [0.1, 0.15) is 5.41 Å². The molecule has 0 aliphatic carbocycles. The zero-order valence-electron chi connectivity index (χ0n) is 14.8. The maximum absolute atomic E-state index is 13.5. The summed E-state index contributed by atoms with van der Waals surface area (Å²) in [6.07, 6.45) is 0. The molecule has 2 atom stereocenters. The first-order valence-electron chi connectivity index (χ1n) is 8.87. The van der Waals surface area contributed by atoms with Crippen molar-refractivity contribution in [1.29, 1.82) is 0 Å². The number of carbonyl (C=O) groups is 1. The Morgan fingerprint density at radius 1 is 0.964 bits per heavy atom. The summed E-state index contributed by atoms with van der Waals surface area (Å²) in [4.78, 5) is 24.7. The number of anilines is 1. The van der Waals surface area contributed by atoms with Gasteiger partial charge in [0.15, 0.2) is 0 Å². The van der Waals surface area contributed by atoms with Crippen molar-refractivity contribution in [3.05, 3.63) is 111 Å². The van der Waals surface area contributed by atoms with E-state index in [1.54, 1.807) is 24.3 Å². The van der Waals surface area contributed by atoms with Crippen molar-refractivity contribution in [3.63, 3.8) is 0 Å². The lowest BCUT2D eigenvalue weighted by atomic mass is 9.64. The number of hydrogen-bond donors (Lipinski definition) is 1. The average Bonchev–Trinajstić information content (AvgIpc) is 3.00. The largest absolute Gasteiger partial charge is 0.325 e. The number of rotatable bonds is 5. The Hall–Kier alpha value is -3.18. The minimum Gasteiger partial charge on any atom is -0.325 e. The molecule has 3 aromatic carbocycles. The Labute approximate surface area is 167 Å². The average molecular weight is 393 g/mol. The zero-order chi connectivity index (χ0) is 19.7.